The highest BCUT2D eigenvalue weighted by atomic mass is 79.9. The summed E-state index contributed by atoms with van der Waals surface area (Å²) in [5.74, 6) is 1.60. The van der Waals surface area contributed by atoms with Crippen LogP contribution in [-0.2, 0) is 0 Å². The van der Waals surface area contributed by atoms with Gasteiger partial charge in [0, 0.05) is 10.0 Å². The lowest BCUT2D eigenvalue weighted by Gasteiger charge is -2.17. The number of benzene rings is 2. The van der Waals surface area contributed by atoms with Gasteiger partial charge >= 0.3 is 0 Å². The fourth-order valence-electron chi connectivity index (χ4n) is 2.12. The van der Waals surface area contributed by atoms with E-state index in [9.17, 15) is 0 Å². The third-order valence-electron chi connectivity index (χ3n) is 3.22. The van der Waals surface area contributed by atoms with Crippen LogP contribution in [0.5, 0.6) is 11.5 Å². The minimum atomic E-state index is -0.260. The van der Waals surface area contributed by atoms with Gasteiger partial charge in [0.25, 0.3) is 0 Å². The zero-order valence-corrected chi connectivity index (χ0v) is 14.0. The largest absolute Gasteiger partial charge is 0.497 e. The summed E-state index contributed by atoms with van der Waals surface area (Å²) in [6.45, 7) is 2.03. The molecule has 0 bridgehead atoms. The Hall–Kier alpha value is -1.19. The molecule has 0 radical (unpaired) electrons. The molecule has 2 aromatic rings. The van der Waals surface area contributed by atoms with Crippen molar-refractivity contribution in [2.24, 2.45) is 0 Å². The average molecular weight is 356 g/mol. The number of aryl methyl sites for hydroxylation is 1. The average Bonchev–Trinajstić information content (AvgIpc) is 2.46. The summed E-state index contributed by atoms with van der Waals surface area (Å²) in [6.07, 6.45) is 0. The molecule has 0 heterocycles. The zero-order chi connectivity index (χ0) is 14.7. The van der Waals surface area contributed by atoms with E-state index in [2.05, 4.69) is 15.9 Å². The van der Waals surface area contributed by atoms with Crippen molar-refractivity contribution in [1.29, 1.82) is 0 Å². The molecule has 20 heavy (non-hydrogen) atoms. The molecule has 0 spiro atoms. The number of ether oxygens (including phenoxy) is 2. The van der Waals surface area contributed by atoms with Crippen molar-refractivity contribution in [3.63, 3.8) is 0 Å². The number of methoxy groups -OCH3 is 2. The van der Waals surface area contributed by atoms with Gasteiger partial charge in [0.05, 0.1) is 19.6 Å². The zero-order valence-electron chi connectivity index (χ0n) is 11.6. The maximum Gasteiger partial charge on any atom is 0.125 e. The molecular weight excluding hydrogens is 340 g/mol. The van der Waals surface area contributed by atoms with Crippen LogP contribution in [0.3, 0.4) is 0 Å². The molecule has 106 valence electrons. The van der Waals surface area contributed by atoms with Crippen LogP contribution in [0.15, 0.2) is 40.9 Å². The molecule has 4 heteroatoms. The molecule has 2 nitrogen and oxygen atoms in total. The number of hydrogen-bond acceptors (Lipinski definition) is 2. The molecule has 0 saturated heterocycles. The van der Waals surface area contributed by atoms with E-state index in [0.29, 0.717) is 0 Å². The van der Waals surface area contributed by atoms with E-state index in [1.54, 1.807) is 14.2 Å². The lowest BCUT2D eigenvalue weighted by Crippen LogP contribution is -2.00. The highest BCUT2D eigenvalue weighted by molar-refractivity contribution is 9.10. The summed E-state index contributed by atoms with van der Waals surface area (Å²) in [5, 5.41) is -0.260. The van der Waals surface area contributed by atoms with Crippen molar-refractivity contribution in [1.82, 2.24) is 0 Å². The summed E-state index contributed by atoms with van der Waals surface area (Å²) in [7, 11) is 3.31. The van der Waals surface area contributed by atoms with Crippen LogP contribution < -0.4 is 9.47 Å². The van der Waals surface area contributed by atoms with Crippen LogP contribution in [0.1, 0.15) is 22.1 Å². The van der Waals surface area contributed by atoms with Gasteiger partial charge < -0.3 is 9.47 Å². The topological polar surface area (TPSA) is 18.5 Å². The molecule has 0 aromatic heterocycles. The monoisotopic (exact) mass is 354 g/mol. The Morgan fingerprint density at radius 1 is 1.00 bits per heavy atom. The molecule has 0 amide bonds. The molecule has 0 aliphatic heterocycles. The molecule has 2 rings (SSSR count). The molecule has 0 N–H and O–H groups in total. The molecule has 2 aromatic carbocycles. The van der Waals surface area contributed by atoms with Crippen LogP contribution in [-0.4, -0.2) is 14.2 Å². The fraction of sp³-hybridized carbons (Fsp3) is 0.250. The van der Waals surface area contributed by atoms with Gasteiger partial charge in [-0.2, -0.15) is 0 Å². The number of alkyl halides is 1. The highest BCUT2D eigenvalue weighted by Crippen LogP contribution is 2.38. The highest BCUT2D eigenvalue weighted by Gasteiger charge is 2.18. The Balaban J connectivity index is 2.43. The Bertz CT molecular complexity index is 613. The predicted octanol–water partition coefficient (Wildman–Crippen LogP) is 5.10. The van der Waals surface area contributed by atoms with Crippen molar-refractivity contribution in [2.75, 3.05) is 14.2 Å². The number of hydrogen-bond donors (Lipinski definition) is 0. The standard InChI is InChI=1S/C16H16BrClO2/c1-10-8-12(19-2)5-7-13(10)16(18)14-6-4-11(17)9-15(14)20-3/h4-9,16H,1-3H3. The quantitative estimate of drug-likeness (QED) is 0.710. The molecular formula is C16H16BrClO2. The number of rotatable bonds is 4. The molecule has 0 saturated carbocycles. The Morgan fingerprint density at radius 3 is 2.30 bits per heavy atom. The fourth-order valence-corrected chi connectivity index (χ4v) is 2.89. The summed E-state index contributed by atoms with van der Waals surface area (Å²) in [6, 6.07) is 11.8. The summed E-state index contributed by atoms with van der Waals surface area (Å²) >= 11 is 10.1. The van der Waals surface area contributed by atoms with E-state index in [4.69, 9.17) is 21.1 Å². The van der Waals surface area contributed by atoms with Crippen LogP contribution in [0.4, 0.5) is 0 Å². The van der Waals surface area contributed by atoms with Gasteiger partial charge in [0.1, 0.15) is 11.5 Å². The van der Waals surface area contributed by atoms with Crippen molar-refractivity contribution in [2.45, 2.75) is 12.3 Å². The lowest BCUT2D eigenvalue weighted by atomic mass is 9.99. The maximum atomic E-state index is 6.63. The lowest BCUT2D eigenvalue weighted by molar-refractivity contribution is 0.409. The van der Waals surface area contributed by atoms with Crippen molar-refractivity contribution in [3.8, 4) is 11.5 Å². The van der Waals surface area contributed by atoms with Crippen molar-refractivity contribution >= 4 is 27.5 Å². The van der Waals surface area contributed by atoms with Gasteiger partial charge in [-0.05, 0) is 42.3 Å². The minimum Gasteiger partial charge on any atom is -0.497 e. The van der Waals surface area contributed by atoms with Gasteiger partial charge in [-0.3, -0.25) is 0 Å². The molecule has 0 aliphatic carbocycles. The van der Waals surface area contributed by atoms with Gasteiger partial charge in [0.2, 0.25) is 0 Å². The first-order valence-corrected chi connectivity index (χ1v) is 7.41. The van der Waals surface area contributed by atoms with E-state index in [-0.39, 0.29) is 5.38 Å². The second-order valence-electron chi connectivity index (χ2n) is 4.47. The SMILES string of the molecule is COc1ccc(C(Cl)c2ccc(Br)cc2OC)c(C)c1. The predicted molar refractivity (Wildman–Crippen MR) is 86.1 cm³/mol. The van der Waals surface area contributed by atoms with Gasteiger partial charge in [-0.15, -0.1) is 11.6 Å². The van der Waals surface area contributed by atoms with Gasteiger partial charge in [0.15, 0.2) is 0 Å². The van der Waals surface area contributed by atoms with E-state index in [1.807, 2.05) is 43.3 Å². The van der Waals surface area contributed by atoms with E-state index < -0.39 is 0 Å². The van der Waals surface area contributed by atoms with Crippen LogP contribution in [0, 0.1) is 6.92 Å². The Morgan fingerprint density at radius 2 is 1.70 bits per heavy atom. The first kappa shape index (κ1) is 15.2. The summed E-state index contributed by atoms with van der Waals surface area (Å²) in [5.41, 5.74) is 3.09. The third kappa shape index (κ3) is 3.10. The summed E-state index contributed by atoms with van der Waals surface area (Å²) in [4.78, 5) is 0. The third-order valence-corrected chi connectivity index (χ3v) is 4.18. The smallest absolute Gasteiger partial charge is 0.125 e. The van der Waals surface area contributed by atoms with Crippen molar-refractivity contribution < 1.29 is 9.47 Å². The maximum absolute atomic E-state index is 6.63. The van der Waals surface area contributed by atoms with Crippen LogP contribution in [0.25, 0.3) is 0 Å². The van der Waals surface area contributed by atoms with E-state index in [0.717, 1.165) is 32.7 Å². The normalized spacial score (nSPS) is 12.1. The molecule has 0 aliphatic rings. The molecule has 0 fully saturated rings. The molecule has 1 unspecified atom stereocenters. The Kier molecular flexibility index (Phi) is 4.95. The van der Waals surface area contributed by atoms with Crippen molar-refractivity contribution in [3.05, 3.63) is 57.6 Å². The minimum absolute atomic E-state index is 0.260. The first-order valence-electron chi connectivity index (χ1n) is 6.19. The van der Waals surface area contributed by atoms with Crippen LogP contribution >= 0.6 is 27.5 Å². The second-order valence-corrected chi connectivity index (χ2v) is 5.82. The van der Waals surface area contributed by atoms with E-state index >= 15 is 0 Å². The summed E-state index contributed by atoms with van der Waals surface area (Å²) < 4.78 is 11.6. The van der Waals surface area contributed by atoms with Crippen LogP contribution in [0.2, 0.25) is 0 Å². The molecule has 1 atom stereocenters. The van der Waals surface area contributed by atoms with Gasteiger partial charge in [-0.1, -0.05) is 28.1 Å². The Labute approximate surface area is 132 Å². The first-order chi connectivity index (χ1) is 9.56. The van der Waals surface area contributed by atoms with E-state index in [1.165, 1.54) is 0 Å². The number of halogens is 2. The van der Waals surface area contributed by atoms with Gasteiger partial charge in [-0.25, -0.2) is 0 Å². The second kappa shape index (κ2) is 6.51.